The van der Waals surface area contributed by atoms with Crippen LogP contribution in [0.2, 0.25) is 0 Å². The maximum absolute atomic E-state index is 5.30. The van der Waals surface area contributed by atoms with Crippen molar-refractivity contribution in [3.8, 4) is 11.4 Å². The summed E-state index contributed by atoms with van der Waals surface area (Å²) in [5.74, 6) is 0. The molecule has 0 amide bonds. The minimum Gasteiger partial charge on any atom is -0.309 e. The van der Waals surface area contributed by atoms with Gasteiger partial charge in [0.2, 0.25) is 0 Å². The van der Waals surface area contributed by atoms with Gasteiger partial charge in [0, 0.05) is 43.4 Å². The van der Waals surface area contributed by atoms with Crippen molar-refractivity contribution in [2.75, 3.05) is 0 Å². The highest BCUT2D eigenvalue weighted by atomic mass is 32.2. The standard InChI is InChI=1S/C50H32N4S/c1-4-16-33(17-5-1)50(34-18-6-2-7-19-34)41-29-28-36(30-48(41)55-49-51-42-24-12-15-27-45(42)54(49)50)53-44-26-14-11-23-38(44)40-31-39-37-22-10-13-25-43(37)52(46(39)32-47(40)53)35-20-8-3-9-21-35/h1-32H. The third kappa shape index (κ3) is 4.21. The second-order valence-corrected chi connectivity index (χ2v) is 15.4. The highest BCUT2D eigenvalue weighted by Gasteiger charge is 2.45. The van der Waals surface area contributed by atoms with Gasteiger partial charge in [0.1, 0.15) is 5.54 Å². The van der Waals surface area contributed by atoms with E-state index < -0.39 is 5.54 Å². The molecule has 5 heteroatoms. The summed E-state index contributed by atoms with van der Waals surface area (Å²) >= 11 is 1.76. The van der Waals surface area contributed by atoms with Crippen LogP contribution in [-0.2, 0) is 5.54 Å². The van der Waals surface area contributed by atoms with Gasteiger partial charge >= 0.3 is 0 Å². The lowest BCUT2D eigenvalue weighted by atomic mass is 9.76. The van der Waals surface area contributed by atoms with E-state index in [1.165, 1.54) is 65.2 Å². The molecule has 55 heavy (non-hydrogen) atoms. The number of rotatable bonds is 4. The third-order valence-corrected chi connectivity index (χ3v) is 12.6. The van der Waals surface area contributed by atoms with E-state index in [-0.39, 0.29) is 0 Å². The molecule has 4 nitrogen and oxygen atoms in total. The molecule has 0 fully saturated rings. The van der Waals surface area contributed by atoms with Gasteiger partial charge in [0.05, 0.1) is 33.1 Å². The topological polar surface area (TPSA) is 27.7 Å². The van der Waals surface area contributed by atoms with Gasteiger partial charge in [-0.1, -0.05) is 145 Å². The van der Waals surface area contributed by atoms with Crippen molar-refractivity contribution in [1.82, 2.24) is 18.7 Å². The molecule has 8 aromatic carbocycles. The fourth-order valence-electron chi connectivity index (χ4n) is 9.31. The van der Waals surface area contributed by atoms with Gasteiger partial charge in [-0.15, -0.1) is 0 Å². The first-order valence-electron chi connectivity index (χ1n) is 18.7. The SMILES string of the molecule is c1ccc(-n2c3ccccc3c3cc4c5ccccc5n(-c5ccc6c(c5)Sc5nc7ccccc7n5C6(c5ccccc5)c5ccccc5)c4cc32)cc1. The molecule has 0 saturated heterocycles. The van der Waals surface area contributed by atoms with E-state index in [1.54, 1.807) is 11.8 Å². The van der Waals surface area contributed by atoms with E-state index in [1.807, 2.05) is 0 Å². The molecule has 4 heterocycles. The van der Waals surface area contributed by atoms with Gasteiger partial charge in [-0.05, 0) is 71.8 Å². The minimum absolute atomic E-state index is 0.642. The lowest BCUT2D eigenvalue weighted by molar-refractivity contribution is 0.473. The molecule has 0 unspecified atom stereocenters. The van der Waals surface area contributed by atoms with Crippen molar-refractivity contribution >= 4 is 66.4 Å². The number of fused-ring (bicyclic) bond motifs is 10. The summed E-state index contributed by atoms with van der Waals surface area (Å²) in [5, 5.41) is 5.98. The summed E-state index contributed by atoms with van der Waals surface area (Å²) in [4.78, 5) is 6.49. The monoisotopic (exact) mass is 720 g/mol. The normalized spacial score (nSPS) is 13.5. The molecule has 11 aromatic rings. The number of nitrogens with zero attached hydrogens (tertiary/aromatic N) is 4. The second kappa shape index (κ2) is 11.6. The van der Waals surface area contributed by atoms with Gasteiger partial charge in [-0.3, -0.25) is 4.57 Å². The van der Waals surface area contributed by atoms with E-state index in [4.69, 9.17) is 4.98 Å². The fourth-order valence-corrected chi connectivity index (χ4v) is 10.5. The molecule has 0 radical (unpaired) electrons. The maximum Gasteiger partial charge on any atom is 0.175 e. The summed E-state index contributed by atoms with van der Waals surface area (Å²) < 4.78 is 7.34. The zero-order chi connectivity index (χ0) is 36.1. The number of para-hydroxylation sites is 5. The van der Waals surface area contributed by atoms with Crippen LogP contribution in [0.1, 0.15) is 16.7 Å². The van der Waals surface area contributed by atoms with Crippen LogP contribution in [0.25, 0.3) is 66.0 Å². The van der Waals surface area contributed by atoms with Gasteiger partial charge in [-0.2, -0.15) is 0 Å². The number of benzene rings is 8. The van der Waals surface area contributed by atoms with E-state index >= 15 is 0 Å². The Hall–Kier alpha value is -6.82. The second-order valence-electron chi connectivity index (χ2n) is 14.4. The Labute approximate surface area is 321 Å². The summed E-state index contributed by atoms with van der Waals surface area (Å²) in [6.07, 6.45) is 0. The lowest BCUT2D eigenvalue weighted by Gasteiger charge is -2.42. The molecule has 258 valence electrons. The zero-order valence-electron chi connectivity index (χ0n) is 29.7. The average Bonchev–Trinajstić information content (AvgIpc) is 3.90. The average molecular weight is 721 g/mol. The number of aromatic nitrogens is 4. The third-order valence-electron chi connectivity index (χ3n) is 11.5. The van der Waals surface area contributed by atoms with Crippen LogP contribution in [0.5, 0.6) is 0 Å². The molecule has 1 aliphatic rings. The molecule has 0 atom stereocenters. The van der Waals surface area contributed by atoms with Crippen LogP contribution in [0.4, 0.5) is 0 Å². The molecule has 12 rings (SSSR count). The van der Waals surface area contributed by atoms with E-state index in [2.05, 4.69) is 208 Å². The van der Waals surface area contributed by atoms with Crippen molar-refractivity contribution in [3.63, 3.8) is 0 Å². The van der Waals surface area contributed by atoms with Crippen molar-refractivity contribution < 1.29 is 0 Å². The molecule has 0 saturated carbocycles. The molecule has 0 bridgehead atoms. The first-order valence-corrected chi connectivity index (χ1v) is 19.5. The Balaban J connectivity index is 1.17. The number of imidazole rings is 1. The summed E-state index contributed by atoms with van der Waals surface area (Å²) in [7, 11) is 0. The quantitative estimate of drug-likeness (QED) is 0.181. The first kappa shape index (κ1) is 30.6. The zero-order valence-corrected chi connectivity index (χ0v) is 30.5. The molecule has 0 N–H and O–H groups in total. The van der Waals surface area contributed by atoms with Crippen LogP contribution in [0.3, 0.4) is 0 Å². The summed E-state index contributed by atoms with van der Waals surface area (Å²) in [6.45, 7) is 0. The number of hydrogen-bond acceptors (Lipinski definition) is 2. The van der Waals surface area contributed by atoms with Crippen molar-refractivity contribution in [2.24, 2.45) is 0 Å². The Morgan fingerprint density at radius 3 is 1.56 bits per heavy atom. The van der Waals surface area contributed by atoms with E-state index in [0.29, 0.717) is 0 Å². The maximum atomic E-state index is 5.30. The van der Waals surface area contributed by atoms with Gasteiger partial charge in [0.25, 0.3) is 0 Å². The fraction of sp³-hybridized carbons (Fsp3) is 0.0200. The van der Waals surface area contributed by atoms with Crippen LogP contribution in [0, 0.1) is 0 Å². The lowest BCUT2D eigenvalue weighted by Crippen LogP contribution is -2.40. The molecular weight excluding hydrogens is 689 g/mol. The van der Waals surface area contributed by atoms with Crippen LogP contribution < -0.4 is 0 Å². The van der Waals surface area contributed by atoms with Crippen molar-refractivity contribution in [1.29, 1.82) is 0 Å². The molecule has 3 aromatic heterocycles. The van der Waals surface area contributed by atoms with Crippen LogP contribution in [-0.4, -0.2) is 18.7 Å². The van der Waals surface area contributed by atoms with Crippen molar-refractivity contribution in [3.05, 3.63) is 211 Å². The molecule has 0 spiro atoms. The first-order chi connectivity index (χ1) is 27.3. The van der Waals surface area contributed by atoms with Gasteiger partial charge < -0.3 is 9.13 Å². The molecule has 0 aliphatic carbocycles. The van der Waals surface area contributed by atoms with Gasteiger partial charge in [-0.25, -0.2) is 4.98 Å². The summed E-state index contributed by atoms with van der Waals surface area (Å²) in [6, 6.07) is 70.7. The number of hydrogen-bond donors (Lipinski definition) is 0. The minimum atomic E-state index is -0.642. The Kier molecular flexibility index (Phi) is 6.45. The van der Waals surface area contributed by atoms with Gasteiger partial charge in [0.15, 0.2) is 5.16 Å². The van der Waals surface area contributed by atoms with E-state index in [0.717, 1.165) is 27.6 Å². The molecular formula is C50H32N4S. The Morgan fingerprint density at radius 1 is 0.400 bits per heavy atom. The predicted molar refractivity (Wildman–Crippen MR) is 227 cm³/mol. The highest BCUT2D eigenvalue weighted by molar-refractivity contribution is 7.99. The largest absolute Gasteiger partial charge is 0.309 e. The van der Waals surface area contributed by atoms with Crippen LogP contribution in [0.15, 0.2) is 204 Å². The Bertz CT molecular complexity index is 3240. The van der Waals surface area contributed by atoms with E-state index in [9.17, 15) is 0 Å². The molecule has 1 aliphatic heterocycles. The Morgan fingerprint density at radius 2 is 0.927 bits per heavy atom. The van der Waals surface area contributed by atoms with Crippen LogP contribution >= 0.6 is 11.8 Å². The smallest absolute Gasteiger partial charge is 0.175 e. The summed E-state index contributed by atoms with van der Waals surface area (Å²) in [5.41, 5.74) is 12.2. The highest BCUT2D eigenvalue weighted by Crippen LogP contribution is 2.53. The van der Waals surface area contributed by atoms with Crippen molar-refractivity contribution in [2.45, 2.75) is 15.6 Å². The predicted octanol–water partition coefficient (Wildman–Crippen LogP) is 12.5.